The fourth-order valence-corrected chi connectivity index (χ4v) is 6.05. The molecule has 9 heteroatoms. The van der Waals surface area contributed by atoms with Gasteiger partial charge in [-0.3, -0.25) is 9.69 Å². The summed E-state index contributed by atoms with van der Waals surface area (Å²) in [4.78, 5) is 28.3. The van der Waals surface area contributed by atoms with E-state index in [1.54, 1.807) is 29.2 Å². The first-order chi connectivity index (χ1) is 17.9. The van der Waals surface area contributed by atoms with E-state index in [-0.39, 0.29) is 22.8 Å². The first-order valence-electron chi connectivity index (χ1n) is 13.0. The minimum absolute atomic E-state index is 0.0230. The molecule has 2 heterocycles. The Labute approximate surface area is 224 Å². The number of hydrogen-bond acceptors (Lipinski definition) is 6. The van der Waals surface area contributed by atoms with Crippen LogP contribution in [0.15, 0.2) is 53.4 Å². The van der Waals surface area contributed by atoms with Crippen LogP contribution in [-0.4, -0.2) is 55.3 Å². The maximum absolute atomic E-state index is 13.4. The lowest BCUT2D eigenvalue weighted by atomic mass is 9.74. The Bertz CT molecular complexity index is 1320. The van der Waals surface area contributed by atoms with Gasteiger partial charge in [0.1, 0.15) is 17.7 Å². The molecule has 1 N–H and O–H groups in total. The molecule has 1 aliphatic carbocycles. The zero-order valence-electron chi connectivity index (χ0n) is 22.3. The zero-order valence-corrected chi connectivity index (χ0v) is 23.1. The van der Waals surface area contributed by atoms with Gasteiger partial charge in [-0.15, -0.1) is 0 Å². The predicted molar refractivity (Wildman–Crippen MR) is 144 cm³/mol. The molecule has 2 atom stereocenters. The van der Waals surface area contributed by atoms with Gasteiger partial charge in [0.15, 0.2) is 9.84 Å². The van der Waals surface area contributed by atoms with Crippen LogP contribution in [0.2, 0.25) is 0 Å². The normalized spacial score (nSPS) is 21.9. The summed E-state index contributed by atoms with van der Waals surface area (Å²) in [6.07, 6.45) is 4.51. The van der Waals surface area contributed by atoms with E-state index < -0.39 is 33.6 Å². The van der Waals surface area contributed by atoms with Crippen LogP contribution < -0.4 is 5.32 Å². The average molecular weight is 538 g/mol. The molecular weight excluding hydrogens is 502 g/mol. The quantitative estimate of drug-likeness (QED) is 0.581. The van der Waals surface area contributed by atoms with E-state index in [0.717, 1.165) is 42.4 Å². The summed E-state index contributed by atoms with van der Waals surface area (Å²) < 4.78 is 29.0. The second kappa shape index (κ2) is 10.8. The van der Waals surface area contributed by atoms with Crippen LogP contribution in [0.25, 0.3) is 11.1 Å². The van der Waals surface area contributed by atoms with Crippen molar-refractivity contribution < 1.29 is 22.7 Å². The summed E-state index contributed by atoms with van der Waals surface area (Å²) in [6.45, 7) is 5.43. The van der Waals surface area contributed by atoms with Crippen molar-refractivity contribution in [2.75, 3.05) is 6.26 Å². The van der Waals surface area contributed by atoms with Gasteiger partial charge < -0.3 is 10.1 Å². The summed E-state index contributed by atoms with van der Waals surface area (Å²) in [6, 6.07) is 15.1. The number of nitrogens with one attached hydrogen (secondary N) is 1. The largest absolute Gasteiger partial charge is 0.444 e. The number of nitriles is 1. The van der Waals surface area contributed by atoms with E-state index in [2.05, 4.69) is 11.4 Å². The fourth-order valence-electron chi connectivity index (χ4n) is 5.42. The van der Waals surface area contributed by atoms with Gasteiger partial charge in [0, 0.05) is 18.7 Å². The van der Waals surface area contributed by atoms with Crippen molar-refractivity contribution in [3.63, 3.8) is 0 Å². The highest BCUT2D eigenvalue weighted by molar-refractivity contribution is 7.90. The van der Waals surface area contributed by atoms with Crippen LogP contribution in [0.3, 0.4) is 0 Å². The number of carbonyl (C=O) groups is 2. The van der Waals surface area contributed by atoms with Gasteiger partial charge in [0.2, 0.25) is 5.91 Å². The number of sulfone groups is 1. The van der Waals surface area contributed by atoms with E-state index in [9.17, 15) is 23.3 Å². The highest BCUT2D eigenvalue weighted by Crippen LogP contribution is 2.40. The third-order valence-electron chi connectivity index (χ3n) is 7.24. The number of benzene rings is 2. The third kappa shape index (κ3) is 6.36. The summed E-state index contributed by atoms with van der Waals surface area (Å²) in [5.41, 5.74) is 2.01. The molecule has 5 rings (SSSR count). The topological polar surface area (TPSA) is 117 Å². The van der Waals surface area contributed by atoms with Gasteiger partial charge in [-0.1, -0.05) is 36.4 Å². The number of piperidine rings is 2. The lowest BCUT2D eigenvalue weighted by molar-refractivity contribution is -0.135. The molecule has 0 spiro atoms. The van der Waals surface area contributed by atoms with Crippen LogP contribution in [-0.2, 0) is 25.8 Å². The van der Waals surface area contributed by atoms with Gasteiger partial charge in [-0.05, 0) is 81.2 Å². The first kappa shape index (κ1) is 27.6. The van der Waals surface area contributed by atoms with E-state index in [0.29, 0.717) is 6.42 Å². The van der Waals surface area contributed by atoms with Crippen molar-refractivity contribution in [2.24, 2.45) is 5.92 Å². The molecule has 2 aromatic carbocycles. The number of nitrogens with zero attached hydrogens (tertiary/aromatic N) is 2. The van der Waals surface area contributed by atoms with E-state index in [1.807, 2.05) is 45.0 Å². The fraction of sp³-hybridized carbons (Fsp3) is 0.483. The van der Waals surface area contributed by atoms with Crippen molar-refractivity contribution >= 4 is 21.8 Å². The minimum atomic E-state index is -3.26. The number of amides is 2. The molecule has 0 aromatic heterocycles. The Hall–Kier alpha value is -3.38. The lowest BCUT2D eigenvalue weighted by Gasteiger charge is -2.50. The molecule has 0 unspecified atom stereocenters. The molecule has 8 nitrogen and oxygen atoms in total. The SMILES string of the molecule is CC(C)(C)OC(=O)N1C2CCC(CC2)[C@H]1C(=O)N[C@H](C#N)Cc1ccc(-c2ccc(S(C)(=O)=O)cc2)cc1. The van der Waals surface area contributed by atoms with E-state index in [4.69, 9.17) is 4.74 Å². The number of fused-ring (bicyclic) bond motifs is 3. The van der Waals surface area contributed by atoms with Crippen LogP contribution >= 0.6 is 0 Å². The first-order valence-corrected chi connectivity index (χ1v) is 14.9. The van der Waals surface area contributed by atoms with Crippen LogP contribution in [0.4, 0.5) is 4.79 Å². The zero-order chi connectivity index (χ0) is 27.7. The third-order valence-corrected chi connectivity index (χ3v) is 8.36. The second-order valence-electron chi connectivity index (χ2n) is 11.3. The Balaban J connectivity index is 1.43. The Morgan fingerprint density at radius 2 is 1.58 bits per heavy atom. The van der Waals surface area contributed by atoms with Crippen molar-refractivity contribution in [1.82, 2.24) is 10.2 Å². The average Bonchev–Trinajstić information content (AvgIpc) is 2.87. The minimum Gasteiger partial charge on any atom is -0.444 e. The van der Waals surface area contributed by atoms with E-state index >= 15 is 0 Å². The van der Waals surface area contributed by atoms with E-state index in [1.165, 1.54) is 6.26 Å². The number of hydrogen-bond donors (Lipinski definition) is 1. The molecule has 2 aromatic rings. The van der Waals surface area contributed by atoms with Gasteiger partial charge >= 0.3 is 6.09 Å². The van der Waals surface area contributed by atoms with Gasteiger partial charge in [0.25, 0.3) is 0 Å². The number of ether oxygens (including phenoxy) is 1. The predicted octanol–water partition coefficient (Wildman–Crippen LogP) is 4.49. The molecule has 0 radical (unpaired) electrons. The molecule has 2 bridgehead atoms. The van der Waals surface area contributed by atoms with Crippen LogP contribution in [0, 0.1) is 17.2 Å². The highest BCUT2D eigenvalue weighted by Gasteiger charge is 2.49. The number of rotatable bonds is 6. The van der Waals surface area contributed by atoms with Crippen molar-refractivity contribution in [3.8, 4) is 17.2 Å². The smallest absolute Gasteiger partial charge is 0.411 e. The lowest BCUT2D eigenvalue weighted by Crippen LogP contribution is -2.64. The van der Waals surface area contributed by atoms with Crippen molar-refractivity contribution in [1.29, 1.82) is 5.26 Å². The molecule has 2 amide bonds. The standard InChI is InChI=1S/C29H35N3O5S/c1-29(2,3)37-28(34)32-24-13-9-22(10-14-24)26(32)27(33)31-23(18-30)17-19-5-7-20(8-6-19)21-11-15-25(16-12-21)38(4,35)36/h5-8,11-12,15-16,22-24,26H,9-10,13-14,17H2,1-4H3,(H,31,33)/t22?,23-,24?,26-/m0/s1. The summed E-state index contributed by atoms with van der Waals surface area (Å²) in [5, 5.41) is 12.7. The molecule has 3 fully saturated rings. The molecule has 3 aliphatic rings. The molecular formula is C29H35N3O5S. The molecule has 2 saturated heterocycles. The summed E-state index contributed by atoms with van der Waals surface area (Å²) >= 11 is 0. The van der Waals surface area contributed by atoms with Gasteiger partial charge in [0.05, 0.1) is 11.0 Å². The maximum Gasteiger partial charge on any atom is 0.411 e. The molecule has 38 heavy (non-hydrogen) atoms. The monoisotopic (exact) mass is 537 g/mol. The Morgan fingerprint density at radius 1 is 1.03 bits per heavy atom. The maximum atomic E-state index is 13.4. The van der Waals surface area contributed by atoms with Gasteiger partial charge in [-0.25, -0.2) is 13.2 Å². The molecule has 2 aliphatic heterocycles. The molecule has 202 valence electrons. The Kier molecular flexibility index (Phi) is 7.84. The second-order valence-corrected chi connectivity index (χ2v) is 13.3. The highest BCUT2D eigenvalue weighted by atomic mass is 32.2. The summed E-state index contributed by atoms with van der Waals surface area (Å²) in [5.74, 6) is -0.250. The number of carbonyl (C=O) groups excluding carboxylic acids is 2. The van der Waals surface area contributed by atoms with Gasteiger partial charge in [-0.2, -0.15) is 5.26 Å². The van der Waals surface area contributed by atoms with Crippen LogP contribution in [0.1, 0.15) is 52.0 Å². The molecule has 1 saturated carbocycles. The Morgan fingerprint density at radius 3 is 2.08 bits per heavy atom. The van der Waals surface area contributed by atoms with Crippen LogP contribution in [0.5, 0.6) is 0 Å². The van der Waals surface area contributed by atoms with Crippen molar-refractivity contribution in [2.45, 2.75) is 81.5 Å². The van der Waals surface area contributed by atoms with Crippen molar-refractivity contribution in [3.05, 3.63) is 54.1 Å². The summed E-state index contributed by atoms with van der Waals surface area (Å²) in [7, 11) is -3.26.